The molecule has 3 N–H and O–H groups in total. The van der Waals surface area contributed by atoms with Crippen LogP contribution in [-0.4, -0.2) is 4.98 Å². The number of hydrogen-bond acceptors (Lipinski definition) is 2. The minimum Gasteiger partial charge on any atom is -0.394 e. The SMILES string of the molecule is C=C/C=C(\C=C/C)c1c[nH]c(=O)c(N)c1. The van der Waals surface area contributed by atoms with Crippen molar-refractivity contribution in [1.82, 2.24) is 4.98 Å². The van der Waals surface area contributed by atoms with Crippen LogP contribution in [0.2, 0.25) is 0 Å². The number of anilines is 1. The van der Waals surface area contributed by atoms with Crippen LogP contribution in [0.3, 0.4) is 0 Å². The minimum atomic E-state index is -0.266. The van der Waals surface area contributed by atoms with Crippen molar-refractivity contribution in [3.8, 4) is 0 Å². The van der Waals surface area contributed by atoms with Gasteiger partial charge in [-0.3, -0.25) is 4.79 Å². The van der Waals surface area contributed by atoms with Crippen LogP contribution in [0.4, 0.5) is 5.69 Å². The van der Waals surface area contributed by atoms with E-state index < -0.39 is 0 Å². The summed E-state index contributed by atoms with van der Waals surface area (Å²) < 4.78 is 0. The third kappa shape index (κ3) is 2.71. The molecule has 0 bridgehead atoms. The molecule has 0 unspecified atom stereocenters. The summed E-state index contributed by atoms with van der Waals surface area (Å²) in [5.74, 6) is 0. The van der Waals surface area contributed by atoms with Crippen LogP contribution in [0.15, 0.2) is 47.9 Å². The minimum absolute atomic E-state index is 0.215. The molecule has 0 amide bonds. The fraction of sp³-hybridized carbons (Fsp3) is 0.0833. The van der Waals surface area contributed by atoms with E-state index >= 15 is 0 Å². The van der Waals surface area contributed by atoms with E-state index in [1.54, 1.807) is 18.3 Å². The highest BCUT2D eigenvalue weighted by Crippen LogP contribution is 2.15. The molecule has 0 aliphatic rings. The Hall–Kier alpha value is -2.03. The Kier molecular flexibility index (Phi) is 3.68. The molecule has 0 radical (unpaired) electrons. The first-order valence-corrected chi connectivity index (χ1v) is 4.63. The van der Waals surface area contributed by atoms with Crippen molar-refractivity contribution in [3.05, 3.63) is 59.1 Å². The largest absolute Gasteiger partial charge is 0.394 e. The van der Waals surface area contributed by atoms with Crippen LogP contribution < -0.4 is 11.3 Å². The average Bonchev–Trinajstić information content (AvgIpc) is 2.22. The summed E-state index contributed by atoms with van der Waals surface area (Å²) in [5.41, 5.74) is 7.30. The van der Waals surface area contributed by atoms with Crippen LogP contribution in [0.5, 0.6) is 0 Å². The van der Waals surface area contributed by atoms with Gasteiger partial charge in [0.25, 0.3) is 5.56 Å². The van der Waals surface area contributed by atoms with Crippen molar-refractivity contribution in [1.29, 1.82) is 0 Å². The molecule has 15 heavy (non-hydrogen) atoms. The number of aromatic amines is 1. The van der Waals surface area contributed by atoms with Gasteiger partial charge < -0.3 is 10.7 Å². The Morgan fingerprint density at radius 1 is 1.60 bits per heavy atom. The van der Waals surface area contributed by atoms with E-state index in [1.165, 1.54) is 0 Å². The number of pyridine rings is 1. The molecule has 1 rings (SSSR count). The Morgan fingerprint density at radius 2 is 2.33 bits per heavy atom. The summed E-state index contributed by atoms with van der Waals surface area (Å²) in [6.07, 6.45) is 9.02. The predicted molar refractivity (Wildman–Crippen MR) is 64.5 cm³/mol. The second-order valence-electron chi connectivity index (χ2n) is 3.03. The van der Waals surface area contributed by atoms with E-state index in [2.05, 4.69) is 11.6 Å². The lowest BCUT2D eigenvalue weighted by Gasteiger charge is -2.02. The van der Waals surface area contributed by atoms with Gasteiger partial charge in [-0.2, -0.15) is 0 Å². The van der Waals surface area contributed by atoms with Gasteiger partial charge in [0.2, 0.25) is 0 Å². The monoisotopic (exact) mass is 202 g/mol. The number of nitrogen functional groups attached to an aromatic ring is 1. The van der Waals surface area contributed by atoms with Gasteiger partial charge in [-0.05, 0) is 18.6 Å². The molecule has 0 aromatic carbocycles. The van der Waals surface area contributed by atoms with Gasteiger partial charge in [-0.15, -0.1) is 0 Å². The third-order valence-electron chi connectivity index (χ3n) is 1.91. The second kappa shape index (κ2) is 5.00. The van der Waals surface area contributed by atoms with E-state index in [-0.39, 0.29) is 11.2 Å². The van der Waals surface area contributed by atoms with E-state index in [1.807, 2.05) is 25.2 Å². The van der Waals surface area contributed by atoms with E-state index in [0.29, 0.717) is 0 Å². The summed E-state index contributed by atoms with van der Waals surface area (Å²) in [5, 5.41) is 0. The first kappa shape index (κ1) is 11.0. The number of nitrogens with two attached hydrogens (primary N) is 1. The number of nitrogens with one attached hydrogen (secondary N) is 1. The van der Waals surface area contributed by atoms with Crippen molar-refractivity contribution in [3.63, 3.8) is 0 Å². The van der Waals surface area contributed by atoms with Gasteiger partial charge in [0.05, 0.1) is 5.69 Å². The Bertz CT molecular complexity index is 467. The lowest BCUT2D eigenvalue weighted by Crippen LogP contribution is -2.11. The molecule has 1 heterocycles. The fourth-order valence-corrected chi connectivity index (χ4v) is 1.22. The Morgan fingerprint density at radius 3 is 2.87 bits per heavy atom. The summed E-state index contributed by atoms with van der Waals surface area (Å²) in [6.45, 7) is 5.56. The third-order valence-corrected chi connectivity index (χ3v) is 1.91. The zero-order valence-electron chi connectivity index (χ0n) is 8.66. The Labute approximate surface area is 88.6 Å². The highest BCUT2D eigenvalue weighted by atomic mass is 16.1. The van der Waals surface area contributed by atoms with Gasteiger partial charge in [-0.1, -0.05) is 30.9 Å². The highest BCUT2D eigenvalue weighted by molar-refractivity contribution is 5.75. The summed E-state index contributed by atoms with van der Waals surface area (Å²) >= 11 is 0. The number of aromatic nitrogens is 1. The second-order valence-corrected chi connectivity index (χ2v) is 3.03. The summed E-state index contributed by atoms with van der Waals surface area (Å²) in [4.78, 5) is 13.6. The van der Waals surface area contributed by atoms with Crippen molar-refractivity contribution in [2.45, 2.75) is 6.92 Å². The van der Waals surface area contributed by atoms with Gasteiger partial charge in [0.1, 0.15) is 0 Å². The van der Waals surface area contributed by atoms with E-state index in [0.717, 1.165) is 11.1 Å². The highest BCUT2D eigenvalue weighted by Gasteiger charge is 2.00. The zero-order valence-corrected chi connectivity index (χ0v) is 8.66. The predicted octanol–water partition coefficient (Wildman–Crippen LogP) is 2.10. The molecule has 0 fully saturated rings. The maximum absolute atomic E-state index is 11.1. The van der Waals surface area contributed by atoms with Crippen LogP contribution in [0.1, 0.15) is 12.5 Å². The van der Waals surface area contributed by atoms with Crippen LogP contribution >= 0.6 is 0 Å². The maximum atomic E-state index is 11.1. The van der Waals surface area contributed by atoms with Crippen molar-refractivity contribution >= 4 is 11.3 Å². The molecule has 1 aromatic rings. The molecule has 3 nitrogen and oxygen atoms in total. The van der Waals surface area contributed by atoms with E-state index in [9.17, 15) is 4.79 Å². The maximum Gasteiger partial charge on any atom is 0.271 e. The standard InChI is InChI=1S/C12H14N2O/c1-3-5-9(6-4-2)10-7-11(13)12(15)14-8-10/h3-8H,1,13H2,2H3,(H,14,15)/b6-4-,9-5+. The van der Waals surface area contributed by atoms with Crippen LogP contribution in [-0.2, 0) is 0 Å². The molecule has 0 aliphatic heterocycles. The van der Waals surface area contributed by atoms with Gasteiger partial charge >= 0.3 is 0 Å². The molecule has 78 valence electrons. The smallest absolute Gasteiger partial charge is 0.271 e. The van der Waals surface area contributed by atoms with Gasteiger partial charge in [0, 0.05) is 11.8 Å². The molecule has 0 aliphatic carbocycles. The van der Waals surface area contributed by atoms with Crippen molar-refractivity contribution < 1.29 is 0 Å². The van der Waals surface area contributed by atoms with Crippen LogP contribution in [0, 0.1) is 0 Å². The molecule has 0 saturated heterocycles. The summed E-state index contributed by atoms with van der Waals surface area (Å²) in [7, 11) is 0. The lowest BCUT2D eigenvalue weighted by atomic mass is 10.1. The molecule has 0 saturated carbocycles. The number of hydrogen-bond donors (Lipinski definition) is 2. The van der Waals surface area contributed by atoms with E-state index in [4.69, 9.17) is 5.73 Å². The zero-order chi connectivity index (χ0) is 11.3. The first-order valence-electron chi connectivity index (χ1n) is 4.63. The normalized spacial score (nSPS) is 11.9. The number of rotatable bonds is 3. The molecule has 0 atom stereocenters. The van der Waals surface area contributed by atoms with Gasteiger partial charge in [-0.25, -0.2) is 0 Å². The molecule has 0 spiro atoms. The first-order chi connectivity index (χ1) is 7.19. The molecular weight excluding hydrogens is 188 g/mol. The average molecular weight is 202 g/mol. The number of H-pyrrole nitrogens is 1. The molecular formula is C12H14N2O. The van der Waals surface area contributed by atoms with Crippen molar-refractivity contribution in [2.24, 2.45) is 0 Å². The molecule has 1 aromatic heterocycles. The Balaban J connectivity index is 3.24. The lowest BCUT2D eigenvalue weighted by molar-refractivity contribution is 1.23. The summed E-state index contributed by atoms with van der Waals surface area (Å²) in [6, 6.07) is 1.65. The topological polar surface area (TPSA) is 58.9 Å². The van der Waals surface area contributed by atoms with Crippen LogP contribution in [0.25, 0.3) is 5.57 Å². The fourth-order valence-electron chi connectivity index (χ4n) is 1.22. The quantitative estimate of drug-likeness (QED) is 0.737. The van der Waals surface area contributed by atoms with Gasteiger partial charge in [0.15, 0.2) is 0 Å². The number of allylic oxidation sites excluding steroid dienone is 5. The molecule has 3 heteroatoms. The van der Waals surface area contributed by atoms with Crippen molar-refractivity contribution in [2.75, 3.05) is 5.73 Å².